The van der Waals surface area contributed by atoms with Gasteiger partial charge in [-0.2, -0.15) is 5.26 Å². The minimum atomic E-state index is -0.461. The van der Waals surface area contributed by atoms with Crippen LogP contribution in [0.25, 0.3) is 16.8 Å². The first-order chi connectivity index (χ1) is 16.9. The van der Waals surface area contributed by atoms with Gasteiger partial charge in [-0.15, -0.1) is 0 Å². The number of anilines is 1. The molecule has 0 bridgehead atoms. The molecule has 0 heterocycles. The maximum atomic E-state index is 12.9. The largest absolute Gasteiger partial charge is 0.488 e. The normalized spacial score (nSPS) is 11.2. The van der Waals surface area contributed by atoms with E-state index in [1.165, 1.54) is 0 Å². The number of aryl methyl sites for hydroxylation is 3. The molecule has 0 saturated carbocycles. The second-order valence-corrected chi connectivity index (χ2v) is 9.41. The van der Waals surface area contributed by atoms with Gasteiger partial charge in [-0.1, -0.05) is 64.5 Å². The summed E-state index contributed by atoms with van der Waals surface area (Å²) in [5.74, 6) is 0.129. The number of hydrogen-bond acceptors (Lipinski definition) is 3. The summed E-state index contributed by atoms with van der Waals surface area (Å²) >= 11 is 3.49. The van der Waals surface area contributed by atoms with E-state index in [-0.39, 0.29) is 5.57 Å². The molecule has 4 rings (SSSR count). The second kappa shape index (κ2) is 10.6. The van der Waals surface area contributed by atoms with Crippen molar-refractivity contribution in [1.82, 2.24) is 0 Å². The molecule has 4 aromatic carbocycles. The number of ether oxygens (including phenoxy) is 1. The molecule has 0 radical (unpaired) electrons. The van der Waals surface area contributed by atoms with Crippen molar-refractivity contribution in [3.8, 4) is 11.8 Å². The molecule has 5 heteroatoms. The van der Waals surface area contributed by atoms with Crippen LogP contribution in [0.4, 0.5) is 5.69 Å². The number of benzene rings is 4. The third kappa shape index (κ3) is 5.62. The minimum Gasteiger partial charge on any atom is -0.488 e. The van der Waals surface area contributed by atoms with Crippen molar-refractivity contribution in [1.29, 1.82) is 5.26 Å². The lowest BCUT2D eigenvalue weighted by molar-refractivity contribution is -0.112. The Morgan fingerprint density at radius 1 is 1.00 bits per heavy atom. The molecule has 0 aromatic heterocycles. The Morgan fingerprint density at radius 3 is 2.57 bits per heavy atom. The topological polar surface area (TPSA) is 62.1 Å². The molecule has 0 spiro atoms. The van der Waals surface area contributed by atoms with Gasteiger partial charge < -0.3 is 10.1 Å². The Morgan fingerprint density at radius 2 is 1.77 bits per heavy atom. The van der Waals surface area contributed by atoms with Gasteiger partial charge in [0.1, 0.15) is 24.0 Å². The summed E-state index contributed by atoms with van der Waals surface area (Å²) in [5.41, 5.74) is 5.53. The van der Waals surface area contributed by atoms with E-state index in [0.29, 0.717) is 23.6 Å². The average Bonchev–Trinajstić information content (AvgIpc) is 2.85. The Hall–Kier alpha value is -3.88. The molecule has 4 nitrogen and oxygen atoms in total. The van der Waals surface area contributed by atoms with E-state index < -0.39 is 5.91 Å². The van der Waals surface area contributed by atoms with E-state index in [1.54, 1.807) is 6.08 Å². The fourth-order valence-corrected chi connectivity index (χ4v) is 4.29. The Labute approximate surface area is 214 Å². The molecule has 1 N–H and O–H groups in total. The van der Waals surface area contributed by atoms with Gasteiger partial charge in [0.2, 0.25) is 0 Å². The summed E-state index contributed by atoms with van der Waals surface area (Å²) in [6, 6.07) is 25.8. The maximum Gasteiger partial charge on any atom is 0.266 e. The number of carbonyl (C=O) groups excluding carboxylic acids is 1. The van der Waals surface area contributed by atoms with Crippen molar-refractivity contribution in [2.75, 3.05) is 5.32 Å². The van der Waals surface area contributed by atoms with Gasteiger partial charge in [-0.3, -0.25) is 4.79 Å². The lowest BCUT2D eigenvalue weighted by Gasteiger charge is -2.14. The molecular weight excluding hydrogens is 500 g/mol. The first-order valence-electron chi connectivity index (χ1n) is 11.3. The molecule has 0 saturated heterocycles. The average molecular weight is 525 g/mol. The molecule has 0 fully saturated rings. The van der Waals surface area contributed by atoms with Gasteiger partial charge in [0.15, 0.2) is 0 Å². The molecule has 0 aliphatic heterocycles. The van der Waals surface area contributed by atoms with E-state index >= 15 is 0 Å². The van der Waals surface area contributed by atoms with Crippen LogP contribution in [0.1, 0.15) is 27.8 Å². The SMILES string of the molecule is Cc1ccc(C)c(NC(=O)/C(C#N)=C/c2cc(Br)ccc2OCc2c(C)ccc3ccccc23)c1. The number of carbonyl (C=O) groups is 1. The smallest absolute Gasteiger partial charge is 0.266 e. The van der Waals surface area contributed by atoms with Crippen LogP contribution >= 0.6 is 15.9 Å². The van der Waals surface area contributed by atoms with Gasteiger partial charge in [0.05, 0.1) is 0 Å². The number of rotatable bonds is 6. The summed E-state index contributed by atoms with van der Waals surface area (Å²) in [7, 11) is 0. The number of halogens is 1. The molecule has 1 amide bonds. The van der Waals surface area contributed by atoms with Crippen molar-refractivity contribution in [3.63, 3.8) is 0 Å². The Bertz CT molecular complexity index is 1500. The first-order valence-corrected chi connectivity index (χ1v) is 12.0. The zero-order chi connectivity index (χ0) is 24.9. The monoisotopic (exact) mass is 524 g/mol. The molecule has 35 heavy (non-hydrogen) atoms. The Kier molecular flexibility index (Phi) is 7.33. The van der Waals surface area contributed by atoms with Crippen molar-refractivity contribution >= 4 is 44.4 Å². The zero-order valence-electron chi connectivity index (χ0n) is 19.9. The molecule has 0 atom stereocenters. The van der Waals surface area contributed by atoms with Crippen LogP contribution in [0.5, 0.6) is 5.75 Å². The van der Waals surface area contributed by atoms with E-state index in [9.17, 15) is 10.1 Å². The summed E-state index contributed by atoms with van der Waals surface area (Å²) in [5, 5.41) is 14.9. The molecular formula is C30H25BrN2O2. The summed E-state index contributed by atoms with van der Waals surface area (Å²) in [4.78, 5) is 12.9. The third-order valence-electron chi connectivity index (χ3n) is 5.92. The van der Waals surface area contributed by atoms with E-state index in [0.717, 1.165) is 37.5 Å². The van der Waals surface area contributed by atoms with Gasteiger partial charge in [-0.25, -0.2) is 0 Å². The van der Waals surface area contributed by atoms with Crippen LogP contribution in [0.2, 0.25) is 0 Å². The van der Waals surface area contributed by atoms with Gasteiger partial charge in [0.25, 0.3) is 5.91 Å². The predicted octanol–water partition coefficient (Wildman–Crippen LogP) is 7.65. The first kappa shape index (κ1) is 24.3. The Balaban J connectivity index is 1.63. The number of nitrogens with zero attached hydrogens (tertiary/aromatic N) is 1. The summed E-state index contributed by atoms with van der Waals surface area (Å²) < 4.78 is 7.06. The van der Waals surface area contributed by atoms with Crippen molar-refractivity contribution in [2.24, 2.45) is 0 Å². The van der Waals surface area contributed by atoms with Crippen LogP contribution in [0, 0.1) is 32.1 Å². The van der Waals surface area contributed by atoms with Crippen LogP contribution in [0.3, 0.4) is 0 Å². The van der Waals surface area contributed by atoms with Gasteiger partial charge in [0, 0.05) is 21.3 Å². The zero-order valence-corrected chi connectivity index (χ0v) is 21.4. The van der Waals surface area contributed by atoms with Crippen LogP contribution in [0.15, 0.2) is 82.8 Å². The number of nitrogens with one attached hydrogen (secondary N) is 1. The third-order valence-corrected chi connectivity index (χ3v) is 6.42. The van der Waals surface area contributed by atoms with Crippen LogP contribution in [-0.4, -0.2) is 5.91 Å². The standard InChI is InChI=1S/C30H25BrN2O2/c1-19-8-9-21(3)28(14-19)33-30(34)24(17-32)15-23-16-25(31)12-13-29(23)35-18-27-20(2)10-11-22-6-4-5-7-26(22)27/h4-16H,18H2,1-3H3,(H,33,34)/b24-15+. The van der Waals surface area contributed by atoms with Crippen LogP contribution < -0.4 is 10.1 Å². The number of fused-ring (bicyclic) bond motifs is 1. The molecule has 0 aliphatic rings. The second-order valence-electron chi connectivity index (χ2n) is 8.50. The van der Waals surface area contributed by atoms with Crippen molar-refractivity contribution in [2.45, 2.75) is 27.4 Å². The number of nitriles is 1. The predicted molar refractivity (Wildman–Crippen MR) is 145 cm³/mol. The van der Waals surface area contributed by atoms with Crippen molar-refractivity contribution < 1.29 is 9.53 Å². The van der Waals surface area contributed by atoms with Crippen LogP contribution in [-0.2, 0) is 11.4 Å². The highest BCUT2D eigenvalue weighted by Crippen LogP contribution is 2.29. The van der Waals surface area contributed by atoms with Gasteiger partial charge >= 0.3 is 0 Å². The minimum absolute atomic E-state index is 0.00445. The molecule has 0 aliphatic carbocycles. The van der Waals surface area contributed by atoms with Gasteiger partial charge in [-0.05, 0) is 78.6 Å². The van der Waals surface area contributed by atoms with E-state index in [4.69, 9.17) is 4.74 Å². The number of amides is 1. The molecule has 174 valence electrons. The number of hydrogen-bond donors (Lipinski definition) is 1. The van der Waals surface area contributed by atoms with E-state index in [1.807, 2.05) is 68.4 Å². The summed E-state index contributed by atoms with van der Waals surface area (Å²) in [6.07, 6.45) is 1.57. The summed E-state index contributed by atoms with van der Waals surface area (Å²) in [6.45, 7) is 6.31. The van der Waals surface area contributed by atoms with Crippen molar-refractivity contribution in [3.05, 3.63) is 111 Å². The quantitative estimate of drug-likeness (QED) is 0.208. The van der Waals surface area contributed by atoms with E-state index in [2.05, 4.69) is 52.4 Å². The molecule has 0 unspecified atom stereocenters. The fraction of sp³-hybridized carbons (Fsp3) is 0.133. The highest BCUT2D eigenvalue weighted by Gasteiger charge is 2.14. The highest BCUT2D eigenvalue weighted by molar-refractivity contribution is 9.10. The molecule has 4 aromatic rings. The fourth-order valence-electron chi connectivity index (χ4n) is 3.91. The lowest BCUT2D eigenvalue weighted by atomic mass is 10.0. The lowest BCUT2D eigenvalue weighted by Crippen LogP contribution is -2.14. The maximum absolute atomic E-state index is 12.9. The highest BCUT2D eigenvalue weighted by atomic mass is 79.9.